The summed E-state index contributed by atoms with van der Waals surface area (Å²) in [5, 5.41) is 9.25. The molecule has 0 spiro atoms. The SMILES string of the molecule is COCCCSc1c(CNC(C)C)c(C)nn1C. The van der Waals surface area contributed by atoms with Gasteiger partial charge in [0, 0.05) is 44.7 Å². The van der Waals surface area contributed by atoms with E-state index in [9.17, 15) is 0 Å². The van der Waals surface area contributed by atoms with Gasteiger partial charge in [0.1, 0.15) is 0 Å². The van der Waals surface area contributed by atoms with Crippen molar-refractivity contribution in [2.45, 2.75) is 44.8 Å². The first-order valence-corrected chi connectivity index (χ1v) is 7.42. The Labute approximate surface area is 114 Å². The van der Waals surface area contributed by atoms with Crippen LogP contribution in [0, 0.1) is 6.92 Å². The van der Waals surface area contributed by atoms with Gasteiger partial charge in [-0.3, -0.25) is 4.68 Å². The molecule has 0 radical (unpaired) electrons. The number of nitrogens with one attached hydrogen (secondary N) is 1. The molecule has 5 heteroatoms. The summed E-state index contributed by atoms with van der Waals surface area (Å²) in [6, 6.07) is 0.496. The van der Waals surface area contributed by atoms with Crippen molar-refractivity contribution < 1.29 is 4.74 Å². The normalized spacial score (nSPS) is 11.4. The van der Waals surface area contributed by atoms with Crippen molar-refractivity contribution in [2.75, 3.05) is 19.5 Å². The number of aromatic nitrogens is 2. The molecule has 0 unspecified atom stereocenters. The summed E-state index contributed by atoms with van der Waals surface area (Å²) in [6.07, 6.45) is 1.07. The fraction of sp³-hybridized carbons (Fsp3) is 0.769. The highest BCUT2D eigenvalue weighted by atomic mass is 32.2. The predicted molar refractivity (Wildman–Crippen MR) is 77.1 cm³/mol. The molecule has 0 aromatic carbocycles. The van der Waals surface area contributed by atoms with E-state index in [0.717, 1.165) is 31.0 Å². The van der Waals surface area contributed by atoms with E-state index in [2.05, 4.69) is 31.2 Å². The van der Waals surface area contributed by atoms with Gasteiger partial charge in [0.25, 0.3) is 0 Å². The summed E-state index contributed by atoms with van der Waals surface area (Å²) in [5.74, 6) is 1.07. The van der Waals surface area contributed by atoms with E-state index in [-0.39, 0.29) is 0 Å². The fourth-order valence-electron chi connectivity index (χ4n) is 1.74. The van der Waals surface area contributed by atoms with Crippen LogP contribution in [-0.4, -0.2) is 35.3 Å². The van der Waals surface area contributed by atoms with Crippen LogP contribution in [0.2, 0.25) is 0 Å². The van der Waals surface area contributed by atoms with E-state index in [4.69, 9.17) is 4.74 Å². The first-order chi connectivity index (χ1) is 8.56. The van der Waals surface area contributed by atoms with E-state index in [1.54, 1.807) is 7.11 Å². The number of aryl methyl sites for hydroxylation is 2. The van der Waals surface area contributed by atoms with E-state index in [1.165, 1.54) is 10.6 Å². The summed E-state index contributed by atoms with van der Waals surface area (Å²) >= 11 is 1.87. The monoisotopic (exact) mass is 271 g/mol. The molecule has 1 N–H and O–H groups in total. The van der Waals surface area contributed by atoms with Crippen LogP contribution in [0.5, 0.6) is 0 Å². The molecule has 0 aliphatic heterocycles. The van der Waals surface area contributed by atoms with Crippen molar-refractivity contribution in [3.63, 3.8) is 0 Å². The van der Waals surface area contributed by atoms with Gasteiger partial charge < -0.3 is 10.1 Å². The van der Waals surface area contributed by atoms with Gasteiger partial charge in [-0.05, 0) is 13.3 Å². The van der Waals surface area contributed by atoms with Crippen molar-refractivity contribution in [1.29, 1.82) is 0 Å². The lowest BCUT2D eigenvalue weighted by molar-refractivity contribution is 0.200. The molecule has 0 fully saturated rings. The zero-order valence-electron chi connectivity index (χ0n) is 12.1. The first-order valence-electron chi connectivity index (χ1n) is 6.43. The molecule has 0 aliphatic rings. The van der Waals surface area contributed by atoms with Crippen molar-refractivity contribution in [1.82, 2.24) is 15.1 Å². The first kappa shape index (κ1) is 15.5. The zero-order valence-corrected chi connectivity index (χ0v) is 12.9. The fourth-order valence-corrected chi connectivity index (χ4v) is 2.82. The van der Waals surface area contributed by atoms with Crippen molar-refractivity contribution >= 4 is 11.8 Å². The molecule has 4 nitrogen and oxygen atoms in total. The van der Waals surface area contributed by atoms with Crippen LogP contribution in [-0.2, 0) is 18.3 Å². The second-order valence-corrected chi connectivity index (χ2v) is 5.81. The molecule has 1 aromatic rings. The summed E-state index contributed by atoms with van der Waals surface area (Å²) in [5.41, 5.74) is 2.45. The Kier molecular flexibility index (Phi) is 6.75. The zero-order chi connectivity index (χ0) is 13.5. The third-order valence-electron chi connectivity index (χ3n) is 2.71. The Morgan fingerprint density at radius 1 is 1.44 bits per heavy atom. The number of hydrogen-bond donors (Lipinski definition) is 1. The van der Waals surface area contributed by atoms with Crippen LogP contribution in [0.15, 0.2) is 5.03 Å². The van der Waals surface area contributed by atoms with E-state index in [1.807, 2.05) is 23.5 Å². The summed E-state index contributed by atoms with van der Waals surface area (Å²) < 4.78 is 7.07. The summed E-state index contributed by atoms with van der Waals surface area (Å²) in [7, 11) is 3.77. The minimum Gasteiger partial charge on any atom is -0.385 e. The lowest BCUT2D eigenvalue weighted by Gasteiger charge is -2.10. The van der Waals surface area contributed by atoms with E-state index < -0.39 is 0 Å². The second-order valence-electron chi connectivity index (χ2n) is 4.72. The van der Waals surface area contributed by atoms with Crippen LogP contribution < -0.4 is 5.32 Å². The quantitative estimate of drug-likeness (QED) is 0.582. The van der Waals surface area contributed by atoms with Gasteiger partial charge in [-0.1, -0.05) is 13.8 Å². The van der Waals surface area contributed by atoms with Crippen LogP contribution in [0.3, 0.4) is 0 Å². The molecule has 1 rings (SSSR count). The maximum Gasteiger partial charge on any atom is 0.0984 e. The van der Waals surface area contributed by atoms with Gasteiger partial charge in [0.2, 0.25) is 0 Å². The molecule has 0 atom stereocenters. The highest BCUT2D eigenvalue weighted by molar-refractivity contribution is 7.99. The van der Waals surface area contributed by atoms with Gasteiger partial charge in [-0.15, -0.1) is 11.8 Å². The molecule has 0 aliphatic carbocycles. The average Bonchev–Trinajstić information content (AvgIpc) is 2.57. The van der Waals surface area contributed by atoms with Crippen LogP contribution in [0.25, 0.3) is 0 Å². The summed E-state index contributed by atoms with van der Waals surface area (Å²) in [6.45, 7) is 8.12. The molecule has 1 aromatic heterocycles. The Morgan fingerprint density at radius 2 is 2.17 bits per heavy atom. The third-order valence-corrected chi connectivity index (χ3v) is 3.98. The standard InChI is InChI=1S/C13H25N3OS/c1-10(2)14-9-12-11(3)15-16(4)13(12)18-8-6-7-17-5/h10,14H,6-9H2,1-5H3. The third kappa shape index (κ3) is 4.63. The highest BCUT2D eigenvalue weighted by Crippen LogP contribution is 2.25. The molecule has 0 amide bonds. The lowest BCUT2D eigenvalue weighted by atomic mass is 10.2. The highest BCUT2D eigenvalue weighted by Gasteiger charge is 2.13. The minimum absolute atomic E-state index is 0.496. The Balaban J connectivity index is 2.63. The molecular formula is C13H25N3OS. The average molecular weight is 271 g/mol. The number of methoxy groups -OCH3 is 1. The van der Waals surface area contributed by atoms with Crippen molar-refractivity contribution in [2.24, 2.45) is 7.05 Å². The second kappa shape index (κ2) is 7.81. The summed E-state index contributed by atoms with van der Waals surface area (Å²) in [4.78, 5) is 0. The largest absolute Gasteiger partial charge is 0.385 e. The Morgan fingerprint density at radius 3 is 2.78 bits per heavy atom. The van der Waals surface area contributed by atoms with E-state index >= 15 is 0 Å². The van der Waals surface area contributed by atoms with Gasteiger partial charge >= 0.3 is 0 Å². The van der Waals surface area contributed by atoms with E-state index in [0.29, 0.717) is 6.04 Å². The number of hydrogen-bond acceptors (Lipinski definition) is 4. The lowest BCUT2D eigenvalue weighted by Crippen LogP contribution is -2.22. The molecule has 104 valence electrons. The molecule has 18 heavy (non-hydrogen) atoms. The number of nitrogens with zero attached hydrogens (tertiary/aromatic N) is 2. The Hall–Kier alpha value is -0.520. The minimum atomic E-state index is 0.496. The maximum absolute atomic E-state index is 5.08. The molecular weight excluding hydrogens is 246 g/mol. The van der Waals surface area contributed by atoms with Gasteiger partial charge in [0.05, 0.1) is 10.7 Å². The molecule has 0 saturated heterocycles. The van der Waals surface area contributed by atoms with Crippen LogP contribution in [0.1, 0.15) is 31.5 Å². The van der Waals surface area contributed by atoms with Crippen LogP contribution >= 0.6 is 11.8 Å². The number of rotatable bonds is 8. The van der Waals surface area contributed by atoms with Gasteiger partial charge in [-0.25, -0.2) is 0 Å². The Bertz CT molecular complexity index is 363. The molecule has 0 bridgehead atoms. The predicted octanol–water partition coefficient (Wildman–Crippen LogP) is 2.36. The number of thioether (sulfide) groups is 1. The van der Waals surface area contributed by atoms with Gasteiger partial charge in [0.15, 0.2) is 0 Å². The smallest absolute Gasteiger partial charge is 0.0984 e. The molecule has 0 saturated carbocycles. The van der Waals surface area contributed by atoms with Gasteiger partial charge in [-0.2, -0.15) is 5.10 Å². The van der Waals surface area contributed by atoms with Crippen LogP contribution in [0.4, 0.5) is 0 Å². The molecule has 1 heterocycles. The maximum atomic E-state index is 5.08. The topological polar surface area (TPSA) is 39.1 Å². The van der Waals surface area contributed by atoms with Crippen molar-refractivity contribution in [3.05, 3.63) is 11.3 Å². The number of ether oxygens (including phenoxy) is 1. The van der Waals surface area contributed by atoms with Crippen molar-refractivity contribution in [3.8, 4) is 0 Å².